The van der Waals surface area contributed by atoms with Gasteiger partial charge in [0.05, 0.1) is 23.1 Å². The quantitative estimate of drug-likeness (QED) is 0.382. The van der Waals surface area contributed by atoms with Crippen LogP contribution in [0.4, 0.5) is 0 Å². The zero-order chi connectivity index (χ0) is 17.2. The van der Waals surface area contributed by atoms with Crippen LogP contribution >= 0.6 is 78.2 Å². The third-order valence-electron chi connectivity index (χ3n) is 2.97. The molecule has 130 valence electrons. The van der Waals surface area contributed by atoms with E-state index in [-0.39, 0.29) is 6.16 Å². The molecule has 2 aliphatic heterocycles. The van der Waals surface area contributed by atoms with Crippen molar-refractivity contribution < 1.29 is 14.4 Å². The Balaban J connectivity index is 1.61. The molecular weight excluding hydrogens is 440 g/mol. The number of hydrogen-bond donors (Lipinski definition) is 2. The maximum Gasteiger partial charge on any atom is 0.325 e. The Bertz CT molecular complexity index is 715. The van der Waals surface area contributed by atoms with Crippen molar-refractivity contribution in [3.8, 4) is 0 Å². The molecule has 0 radical (unpaired) electrons. The summed E-state index contributed by atoms with van der Waals surface area (Å²) >= 11 is 10.7. The normalized spacial score (nSPS) is 17.8. The van der Waals surface area contributed by atoms with Gasteiger partial charge in [0.1, 0.15) is 0 Å². The van der Waals surface area contributed by atoms with E-state index in [1.165, 1.54) is 26.7 Å². The molecule has 0 aliphatic carbocycles. The summed E-state index contributed by atoms with van der Waals surface area (Å²) in [6, 6.07) is 8.46. The Morgan fingerprint density at radius 1 is 1.00 bits per heavy atom. The van der Waals surface area contributed by atoms with Gasteiger partial charge in [-0.15, -0.1) is 23.5 Å². The molecule has 3 rings (SSSR count). The lowest BCUT2D eigenvalue weighted by molar-refractivity contribution is 0.372. The predicted octanol–water partition coefficient (Wildman–Crippen LogP) is 6.28. The molecule has 0 atom stereocenters. The van der Waals surface area contributed by atoms with Crippen LogP contribution in [0.5, 0.6) is 0 Å². The Hall–Kier alpha value is 0.950. The maximum atomic E-state index is 10.9. The Kier molecular flexibility index (Phi) is 7.19. The lowest BCUT2D eigenvalue weighted by Crippen LogP contribution is -1.89. The molecule has 0 saturated heterocycles. The number of fused-ring (bicyclic) bond motifs is 1. The van der Waals surface area contributed by atoms with Crippen LogP contribution in [0.3, 0.4) is 0 Å². The van der Waals surface area contributed by atoms with Gasteiger partial charge >= 0.3 is 7.60 Å². The molecular formula is C14H15O3PS6. The first-order valence-corrected chi connectivity index (χ1v) is 14.2. The average molecular weight is 455 g/mol. The lowest BCUT2D eigenvalue weighted by atomic mass is 10.4. The largest absolute Gasteiger partial charge is 0.325 e. The van der Waals surface area contributed by atoms with E-state index in [4.69, 9.17) is 9.79 Å². The Morgan fingerprint density at radius 2 is 1.58 bits per heavy atom. The van der Waals surface area contributed by atoms with Gasteiger partial charge in [-0.3, -0.25) is 4.57 Å². The number of hydrogen-bond acceptors (Lipinski definition) is 7. The van der Waals surface area contributed by atoms with Crippen molar-refractivity contribution >= 4 is 78.2 Å². The Morgan fingerprint density at radius 3 is 2.17 bits per heavy atom. The molecule has 24 heavy (non-hydrogen) atoms. The van der Waals surface area contributed by atoms with Gasteiger partial charge in [-0.2, -0.15) is 0 Å². The van der Waals surface area contributed by atoms with Gasteiger partial charge in [0.25, 0.3) is 0 Å². The summed E-state index contributed by atoms with van der Waals surface area (Å²) in [6.07, 6.45) is 2.58. The molecule has 2 heterocycles. The van der Waals surface area contributed by atoms with Crippen LogP contribution in [-0.2, 0) is 4.57 Å². The second kappa shape index (κ2) is 8.76. The van der Waals surface area contributed by atoms with Crippen molar-refractivity contribution in [1.29, 1.82) is 0 Å². The minimum atomic E-state index is -3.87. The third-order valence-corrected chi connectivity index (χ3v) is 12.4. The molecule has 0 unspecified atom stereocenters. The van der Waals surface area contributed by atoms with Crippen LogP contribution in [0.1, 0.15) is 6.42 Å². The summed E-state index contributed by atoms with van der Waals surface area (Å²) in [5.41, 5.74) is 0. The lowest BCUT2D eigenvalue weighted by Gasteiger charge is -2.04. The molecule has 1 aromatic rings. The first-order chi connectivity index (χ1) is 11.5. The first-order valence-electron chi connectivity index (χ1n) is 6.96. The van der Waals surface area contributed by atoms with Crippen molar-refractivity contribution in [1.82, 2.24) is 0 Å². The molecule has 0 spiro atoms. The van der Waals surface area contributed by atoms with Crippen LogP contribution in [0.25, 0.3) is 0 Å². The molecule has 0 amide bonds. The van der Waals surface area contributed by atoms with Gasteiger partial charge in [0.2, 0.25) is 0 Å². The highest BCUT2D eigenvalue weighted by atomic mass is 32.3. The summed E-state index contributed by atoms with van der Waals surface area (Å²) in [7, 11) is -3.87. The number of thioether (sulfide) groups is 6. The van der Waals surface area contributed by atoms with Crippen LogP contribution in [0, 0.1) is 0 Å². The van der Waals surface area contributed by atoms with E-state index in [0.29, 0.717) is 6.42 Å². The molecule has 0 fully saturated rings. The minimum Gasteiger partial charge on any atom is -0.324 e. The van der Waals surface area contributed by atoms with E-state index in [2.05, 4.69) is 30.5 Å². The molecule has 2 N–H and O–H groups in total. The molecule has 0 aromatic heterocycles. The molecule has 3 nitrogen and oxygen atoms in total. The zero-order valence-corrected chi connectivity index (χ0v) is 18.4. The van der Waals surface area contributed by atoms with Gasteiger partial charge in [0.15, 0.2) is 0 Å². The van der Waals surface area contributed by atoms with Crippen molar-refractivity contribution in [3.63, 3.8) is 0 Å². The maximum absolute atomic E-state index is 10.9. The summed E-state index contributed by atoms with van der Waals surface area (Å²) < 4.78 is 16.1. The Labute approximate surface area is 167 Å². The molecule has 1 aromatic carbocycles. The SMILES string of the molecule is CSC1=C(SCCCP(=O)(O)O)SC(=C2Sc3ccccc3S2)S1. The monoisotopic (exact) mass is 454 g/mol. The van der Waals surface area contributed by atoms with E-state index < -0.39 is 7.60 Å². The van der Waals surface area contributed by atoms with E-state index in [1.807, 2.05) is 35.3 Å². The minimum absolute atomic E-state index is 0.0331. The average Bonchev–Trinajstić information content (AvgIpc) is 3.14. The summed E-state index contributed by atoms with van der Waals surface area (Å²) in [5.74, 6) is 0.737. The second-order valence-corrected chi connectivity index (χ2v) is 13.7. The van der Waals surface area contributed by atoms with Gasteiger partial charge < -0.3 is 9.79 Å². The highest BCUT2D eigenvalue weighted by molar-refractivity contribution is 8.42. The van der Waals surface area contributed by atoms with Gasteiger partial charge in [-0.1, -0.05) is 59.2 Å². The van der Waals surface area contributed by atoms with Crippen molar-refractivity contribution in [3.05, 3.63) is 41.2 Å². The second-order valence-electron chi connectivity index (χ2n) is 4.80. The summed E-state index contributed by atoms with van der Waals surface area (Å²) in [6.45, 7) is 0. The molecule has 2 aliphatic rings. The van der Waals surface area contributed by atoms with E-state index >= 15 is 0 Å². The van der Waals surface area contributed by atoms with Crippen LogP contribution in [-0.4, -0.2) is 28.0 Å². The van der Waals surface area contributed by atoms with Crippen LogP contribution in [0.15, 0.2) is 51.0 Å². The highest BCUT2D eigenvalue weighted by Crippen LogP contribution is 2.63. The van der Waals surface area contributed by atoms with Gasteiger partial charge in [-0.25, -0.2) is 0 Å². The number of benzene rings is 1. The standard InChI is InChI=1S/C14H15O3PS6/c1-19-11-12(20-8-4-7-18(15,16)17)24-14(23-11)13-21-9-5-2-3-6-10(9)22-13/h2-3,5-6H,4,7-8H2,1H3,(H2,15,16,17). The van der Waals surface area contributed by atoms with Crippen molar-refractivity contribution in [2.45, 2.75) is 16.2 Å². The van der Waals surface area contributed by atoms with E-state index in [1.54, 1.807) is 35.3 Å². The topological polar surface area (TPSA) is 57.5 Å². The molecule has 0 saturated carbocycles. The van der Waals surface area contributed by atoms with Gasteiger partial charge in [-0.05, 0) is 30.6 Å². The first kappa shape index (κ1) is 19.7. The zero-order valence-electron chi connectivity index (χ0n) is 12.6. The fourth-order valence-corrected chi connectivity index (χ4v) is 10.9. The third kappa shape index (κ3) is 5.24. The smallest absolute Gasteiger partial charge is 0.324 e. The fourth-order valence-electron chi connectivity index (χ4n) is 1.93. The fraction of sp³-hybridized carbons (Fsp3) is 0.286. The highest BCUT2D eigenvalue weighted by Gasteiger charge is 2.28. The van der Waals surface area contributed by atoms with Crippen LogP contribution in [0.2, 0.25) is 0 Å². The molecule has 0 bridgehead atoms. The van der Waals surface area contributed by atoms with Crippen molar-refractivity contribution in [2.75, 3.05) is 18.2 Å². The summed E-state index contributed by atoms with van der Waals surface area (Å²) in [4.78, 5) is 20.5. The number of rotatable bonds is 6. The van der Waals surface area contributed by atoms with Crippen molar-refractivity contribution in [2.24, 2.45) is 0 Å². The summed E-state index contributed by atoms with van der Waals surface area (Å²) in [5, 5.41) is 0. The van der Waals surface area contributed by atoms with Gasteiger partial charge in [0, 0.05) is 9.79 Å². The van der Waals surface area contributed by atoms with E-state index in [9.17, 15) is 4.57 Å². The van der Waals surface area contributed by atoms with Crippen LogP contribution < -0.4 is 0 Å². The predicted molar refractivity (Wildman–Crippen MR) is 115 cm³/mol. The van der Waals surface area contributed by atoms with E-state index in [0.717, 1.165) is 5.75 Å². The molecule has 10 heteroatoms.